The Morgan fingerprint density at radius 2 is 2.25 bits per heavy atom. The summed E-state index contributed by atoms with van der Waals surface area (Å²) in [5.41, 5.74) is 2.32. The summed E-state index contributed by atoms with van der Waals surface area (Å²) in [7, 11) is 3.65. The Morgan fingerprint density at radius 3 is 2.94 bits per heavy atom. The zero-order valence-electron chi connectivity index (χ0n) is 10.1. The molecule has 2 rings (SSSR count). The molecule has 5 nitrogen and oxygen atoms in total. The van der Waals surface area contributed by atoms with Crippen molar-refractivity contribution < 1.29 is 4.74 Å². The van der Waals surface area contributed by atoms with Crippen LogP contribution in [0.4, 0.5) is 5.82 Å². The summed E-state index contributed by atoms with van der Waals surface area (Å²) in [6, 6.07) is 0.456. The van der Waals surface area contributed by atoms with Crippen molar-refractivity contribution in [3.8, 4) is 6.01 Å². The quantitative estimate of drug-likeness (QED) is 0.811. The van der Waals surface area contributed by atoms with E-state index in [1.165, 1.54) is 5.56 Å². The molecule has 0 radical (unpaired) electrons. The third kappa shape index (κ3) is 1.95. The van der Waals surface area contributed by atoms with Crippen LogP contribution in [0.25, 0.3) is 0 Å². The minimum Gasteiger partial charge on any atom is -0.467 e. The first kappa shape index (κ1) is 11.1. The molecule has 0 aliphatic carbocycles. The highest BCUT2D eigenvalue weighted by Gasteiger charge is 2.19. The molecule has 2 heterocycles. The van der Waals surface area contributed by atoms with Gasteiger partial charge in [-0.05, 0) is 19.9 Å². The number of nitrogens with one attached hydrogen (secondary N) is 1. The fourth-order valence-electron chi connectivity index (χ4n) is 1.87. The fourth-order valence-corrected chi connectivity index (χ4v) is 1.87. The van der Waals surface area contributed by atoms with Crippen molar-refractivity contribution in [1.82, 2.24) is 15.3 Å². The van der Waals surface area contributed by atoms with E-state index in [2.05, 4.69) is 27.1 Å². The van der Waals surface area contributed by atoms with Crippen molar-refractivity contribution in [2.24, 2.45) is 0 Å². The van der Waals surface area contributed by atoms with E-state index in [9.17, 15) is 0 Å². The van der Waals surface area contributed by atoms with Gasteiger partial charge in [0.25, 0.3) is 0 Å². The Bertz CT molecular complexity index is 380. The Kier molecular flexibility index (Phi) is 3.24. The van der Waals surface area contributed by atoms with Crippen molar-refractivity contribution >= 4 is 5.82 Å². The van der Waals surface area contributed by atoms with Gasteiger partial charge in [0.15, 0.2) is 0 Å². The summed E-state index contributed by atoms with van der Waals surface area (Å²) in [5.74, 6) is 1.01. The largest absolute Gasteiger partial charge is 0.467 e. The molecule has 0 bridgehead atoms. The first-order valence-corrected chi connectivity index (χ1v) is 5.62. The van der Waals surface area contributed by atoms with Crippen LogP contribution in [0.5, 0.6) is 6.01 Å². The van der Waals surface area contributed by atoms with Crippen molar-refractivity contribution in [3.63, 3.8) is 0 Å². The van der Waals surface area contributed by atoms with E-state index in [-0.39, 0.29) is 0 Å². The van der Waals surface area contributed by atoms with Gasteiger partial charge in [0.2, 0.25) is 0 Å². The molecule has 0 atom stereocenters. The Labute approximate surface area is 95.8 Å². The Morgan fingerprint density at radius 1 is 1.44 bits per heavy atom. The monoisotopic (exact) mass is 222 g/mol. The third-order valence-electron chi connectivity index (χ3n) is 2.91. The number of aromatic nitrogens is 2. The number of anilines is 1. The third-order valence-corrected chi connectivity index (χ3v) is 2.91. The number of ether oxygens (including phenoxy) is 1. The predicted octanol–water partition coefficient (Wildman–Crippen LogP) is 0.587. The minimum absolute atomic E-state index is 0.456. The molecule has 1 aliphatic rings. The highest BCUT2D eigenvalue weighted by molar-refractivity contribution is 5.50. The molecule has 88 valence electrons. The zero-order chi connectivity index (χ0) is 11.5. The summed E-state index contributed by atoms with van der Waals surface area (Å²) < 4.78 is 5.14. The van der Waals surface area contributed by atoms with Crippen LogP contribution in [0, 0.1) is 0 Å². The molecule has 1 aromatic rings. The predicted molar refractivity (Wildman–Crippen MR) is 62.9 cm³/mol. The van der Waals surface area contributed by atoms with Crippen LogP contribution in [0.1, 0.15) is 18.2 Å². The lowest BCUT2D eigenvalue weighted by atomic mass is 10.1. The first-order chi connectivity index (χ1) is 7.76. The number of methoxy groups -OCH3 is 1. The van der Waals surface area contributed by atoms with E-state index in [0.29, 0.717) is 6.01 Å². The van der Waals surface area contributed by atoms with Crippen molar-refractivity contribution in [3.05, 3.63) is 11.3 Å². The normalized spacial score (nSPS) is 14.4. The fraction of sp³-hybridized carbons (Fsp3) is 0.636. The van der Waals surface area contributed by atoms with Crippen LogP contribution in [0.3, 0.4) is 0 Å². The van der Waals surface area contributed by atoms with E-state index >= 15 is 0 Å². The number of hydrogen-bond acceptors (Lipinski definition) is 5. The molecule has 0 unspecified atom stereocenters. The smallest absolute Gasteiger partial charge is 0.318 e. The van der Waals surface area contributed by atoms with Gasteiger partial charge in [-0.3, -0.25) is 0 Å². The Balaban J connectivity index is 2.47. The summed E-state index contributed by atoms with van der Waals surface area (Å²) in [6.07, 6.45) is 0.985. The van der Waals surface area contributed by atoms with Gasteiger partial charge in [0, 0.05) is 25.7 Å². The van der Waals surface area contributed by atoms with Gasteiger partial charge >= 0.3 is 6.01 Å². The summed E-state index contributed by atoms with van der Waals surface area (Å²) >= 11 is 0. The second kappa shape index (κ2) is 4.65. The van der Waals surface area contributed by atoms with Gasteiger partial charge in [0.1, 0.15) is 5.82 Å². The average molecular weight is 222 g/mol. The maximum Gasteiger partial charge on any atom is 0.318 e. The van der Waals surface area contributed by atoms with E-state index in [1.807, 2.05) is 7.05 Å². The molecular formula is C11H18N4O. The van der Waals surface area contributed by atoms with Gasteiger partial charge in [-0.1, -0.05) is 0 Å². The number of rotatable bonds is 3. The highest BCUT2D eigenvalue weighted by atomic mass is 16.5. The van der Waals surface area contributed by atoms with Crippen LogP contribution in [0.15, 0.2) is 0 Å². The molecule has 5 heteroatoms. The summed E-state index contributed by atoms with van der Waals surface area (Å²) in [5, 5.41) is 3.31. The topological polar surface area (TPSA) is 50.3 Å². The molecule has 0 fully saturated rings. The molecule has 0 saturated heterocycles. The molecular weight excluding hydrogens is 204 g/mol. The van der Waals surface area contributed by atoms with Gasteiger partial charge in [-0.15, -0.1) is 0 Å². The molecule has 1 aliphatic heterocycles. The first-order valence-electron chi connectivity index (χ1n) is 5.62. The molecule has 0 amide bonds. The average Bonchev–Trinajstić information content (AvgIpc) is 2.36. The summed E-state index contributed by atoms with van der Waals surface area (Å²) in [6.45, 7) is 4.84. The summed E-state index contributed by atoms with van der Waals surface area (Å²) in [4.78, 5) is 11.0. The molecule has 0 spiro atoms. The van der Waals surface area contributed by atoms with Crippen molar-refractivity contribution in [2.75, 3.05) is 32.1 Å². The lowest BCUT2D eigenvalue weighted by Gasteiger charge is -2.24. The lowest BCUT2D eigenvalue weighted by molar-refractivity contribution is 0.375. The molecule has 0 aromatic carbocycles. The van der Waals surface area contributed by atoms with Crippen LogP contribution in [-0.2, 0) is 13.0 Å². The van der Waals surface area contributed by atoms with E-state index in [4.69, 9.17) is 4.74 Å². The number of fused-ring (bicyclic) bond motifs is 1. The van der Waals surface area contributed by atoms with Gasteiger partial charge in [-0.25, -0.2) is 0 Å². The van der Waals surface area contributed by atoms with Crippen molar-refractivity contribution in [1.29, 1.82) is 0 Å². The molecule has 1 aromatic heterocycles. The van der Waals surface area contributed by atoms with Crippen LogP contribution < -0.4 is 15.0 Å². The molecule has 16 heavy (non-hydrogen) atoms. The van der Waals surface area contributed by atoms with Gasteiger partial charge < -0.3 is 15.0 Å². The standard InChI is InChI=1S/C11H18N4O/c1-4-15(2)10-8-5-6-12-7-9(8)13-11(14-10)16-3/h12H,4-7H2,1-3H3. The highest BCUT2D eigenvalue weighted by Crippen LogP contribution is 2.24. The number of nitrogens with zero attached hydrogens (tertiary/aromatic N) is 3. The SMILES string of the molecule is CCN(C)c1nc(OC)nc2c1CCNC2. The zero-order valence-corrected chi connectivity index (χ0v) is 10.1. The minimum atomic E-state index is 0.456. The number of hydrogen-bond donors (Lipinski definition) is 1. The van der Waals surface area contributed by atoms with Gasteiger partial charge in [0.05, 0.1) is 12.8 Å². The Hall–Kier alpha value is -1.36. The second-order valence-electron chi connectivity index (χ2n) is 3.90. The maximum absolute atomic E-state index is 5.14. The second-order valence-corrected chi connectivity index (χ2v) is 3.90. The van der Waals surface area contributed by atoms with E-state index in [0.717, 1.165) is 37.6 Å². The van der Waals surface area contributed by atoms with Crippen LogP contribution >= 0.6 is 0 Å². The maximum atomic E-state index is 5.14. The van der Waals surface area contributed by atoms with Gasteiger partial charge in [-0.2, -0.15) is 9.97 Å². The van der Waals surface area contributed by atoms with E-state index < -0.39 is 0 Å². The molecule has 0 saturated carbocycles. The lowest BCUT2D eigenvalue weighted by Crippen LogP contribution is -2.29. The van der Waals surface area contributed by atoms with Crippen molar-refractivity contribution in [2.45, 2.75) is 19.9 Å². The van der Waals surface area contributed by atoms with Crippen LogP contribution in [0.2, 0.25) is 0 Å². The van der Waals surface area contributed by atoms with E-state index in [1.54, 1.807) is 7.11 Å². The molecule has 1 N–H and O–H groups in total. The van der Waals surface area contributed by atoms with Crippen LogP contribution in [-0.4, -0.2) is 37.2 Å².